The van der Waals surface area contributed by atoms with Gasteiger partial charge < -0.3 is 5.73 Å². The summed E-state index contributed by atoms with van der Waals surface area (Å²) < 4.78 is 0. The number of hydrogen-bond donors (Lipinski definition) is 2. The Balaban J connectivity index is 2.94. The van der Waals surface area contributed by atoms with Crippen LogP contribution >= 0.6 is 11.8 Å². The minimum absolute atomic E-state index is 0.248. The lowest BCUT2D eigenvalue weighted by Gasteiger charge is -2.00. The van der Waals surface area contributed by atoms with Gasteiger partial charge >= 0.3 is 5.17 Å². The van der Waals surface area contributed by atoms with Crippen LogP contribution in [0.25, 0.3) is 0 Å². The summed E-state index contributed by atoms with van der Waals surface area (Å²) in [7, 11) is -0.249. The number of thioether (sulfide) groups is 1. The minimum atomic E-state index is -0.249. The molecule has 13 heavy (non-hydrogen) atoms. The Labute approximate surface area is 85.8 Å². The third kappa shape index (κ3) is 2.67. The van der Waals surface area contributed by atoms with E-state index in [-0.39, 0.29) is 16.1 Å². The number of amidine groups is 1. The molecule has 1 rings (SSSR count). The van der Waals surface area contributed by atoms with Crippen LogP contribution in [0.3, 0.4) is 0 Å². The molecule has 1 unspecified atom stereocenters. The molecule has 0 saturated heterocycles. The van der Waals surface area contributed by atoms with Gasteiger partial charge in [-0.15, -0.1) is 11.8 Å². The van der Waals surface area contributed by atoms with Crippen LogP contribution in [-0.4, -0.2) is 17.7 Å². The first-order valence-corrected chi connectivity index (χ1v) is 6.65. The number of rotatable bonds is 2. The summed E-state index contributed by atoms with van der Waals surface area (Å²) in [4.78, 5) is 2.36. The minimum Gasteiger partial charge on any atom is -0.343 e. The molecule has 0 spiro atoms. The third-order valence-corrected chi connectivity index (χ3v) is 4.07. The zero-order valence-corrected chi connectivity index (χ0v) is 9.34. The van der Waals surface area contributed by atoms with E-state index in [1.54, 1.807) is 11.8 Å². The topological polar surface area (TPSA) is 49.9 Å². The molecule has 0 amide bonds. The Kier molecular flexibility index (Phi) is 3.69. The van der Waals surface area contributed by atoms with Crippen molar-refractivity contribution in [3.05, 3.63) is 24.3 Å². The lowest BCUT2D eigenvalue weighted by molar-refractivity contribution is 1.33. The van der Waals surface area contributed by atoms with Crippen molar-refractivity contribution in [1.82, 2.24) is 0 Å². The average molecular weight is 213 g/mol. The van der Waals surface area contributed by atoms with Crippen LogP contribution in [0.2, 0.25) is 0 Å². The highest BCUT2D eigenvalue weighted by molar-refractivity contribution is 8.10. The van der Waals surface area contributed by atoms with Crippen LogP contribution in [0.1, 0.15) is 0 Å². The molecule has 70 valence electrons. The summed E-state index contributed by atoms with van der Waals surface area (Å²) in [5.74, 6) is 0. The van der Waals surface area contributed by atoms with Crippen molar-refractivity contribution in [2.24, 2.45) is 5.73 Å². The quantitative estimate of drug-likeness (QED) is 0.341. The summed E-state index contributed by atoms with van der Waals surface area (Å²) >= 11 is 1.71. The SMILES string of the molecule is CSc1cccc([S+](C)C(=N)N)c1. The van der Waals surface area contributed by atoms with Gasteiger partial charge in [0.05, 0.1) is 10.9 Å². The van der Waals surface area contributed by atoms with Gasteiger partial charge in [0.15, 0.2) is 4.90 Å². The van der Waals surface area contributed by atoms with Gasteiger partial charge in [-0.25, -0.2) is 5.41 Å². The fourth-order valence-electron chi connectivity index (χ4n) is 0.919. The molecule has 3 N–H and O–H groups in total. The smallest absolute Gasteiger partial charge is 0.314 e. The molecule has 0 fully saturated rings. The van der Waals surface area contributed by atoms with Crippen molar-refractivity contribution < 1.29 is 0 Å². The van der Waals surface area contributed by atoms with Gasteiger partial charge in [-0.3, -0.25) is 0 Å². The molecule has 0 heterocycles. The highest BCUT2D eigenvalue weighted by Gasteiger charge is 2.19. The molecular weight excluding hydrogens is 200 g/mol. The summed E-state index contributed by atoms with van der Waals surface area (Å²) in [5, 5.41) is 7.60. The van der Waals surface area contributed by atoms with E-state index < -0.39 is 0 Å². The first-order chi connectivity index (χ1) is 6.15. The van der Waals surface area contributed by atoms with Crippen molar-refractivity contribution in [2.75, 3.05) is 12.5 Å². The van der Waals surface area contributed by atoms with Crippen molar-refractivity contribution in [3.8, 4) is 0 Å². The molecule has 0 aliphatic rings. The van der Waals surface area contributed by atoms with Crippen LogP contribution < -0.4 is 5.73 Å². The van der Waals surface area contributed by atoms with Crippen LogP contribution in [0.5, 0.6) is 0 Å². The van der Waals surface area contributed by atoms with E-state index in [4.69, 9.17) is 11.1 Å². The molecule has 0 saturated carbocycles. The summed E-state index contributed by atoms with van der Waals surface area (Å²) in [6.07, 6.45) is 4.02. The van der Waals surface area contributed by atoms with Gasteiger partial charge in [0.1, 0.15) is 6.26 Å². The van der Waals surface area contributed by atoms with Crippen molar-refractivity contribution in [2.45, 2.75) is 9.79 Å². The first kappa shape index (κ1) is 10.5. The molecule has 0 radical (unpaired) electrons. The van der Waals surface area contributed by atoms with E-state index in [1.807, 2.05) is 24.6 Å². The first-order valence-electron chi connectivity index (χ1n) is 3.79. The fraction of sp³-hybridized carbons (Fsp3) is 0.222. The standard InChI is InChI=1S/C9H13N2S2/c1-12-7-4-3-5-8(6-7)13(2)9(10)11/h3-6H,1-2H3,(H3,10,11)/q+1. The Morgan fingerprint density at radius 1 is 1.54 bits per heavy atom. The zero-order valence-electron chi connectivity index (χ0n) is 7.70. The molecule has 1 aromatic rings. The van der Waals surface area contributed by atoms with Crippen molar-refractivity contribution >= 4 is 27.8 Å². The second-order valence-corrected chi connectivity index (χ2v) is 5.37. The summed E-state index contributed by atoms with van der Waals surface area (Å²) in [6.45, 7) is 0. The Hall–Kier alpha value is -0.610. The highest BCUT2D eigenvalue weighted by Crippen LogP contribution is 2.19. The van der Waals surface area contributed by atoms with Crippen LogP contribution in [0, 0.1) is 5.41 Å². The maximum absolute atomic E-state index is 7.35. The van der Waals surface area contributed by atoms with E-state index in [9.17, 15) is 0 Å². The molecule has 4 heteroatoms. The molecule has 0 bridgehead atoms. The highest BCUT2D eigenvalue weighted by atomic mass is 32.2. The van der Waals surface area contributed by atoms with Crippen molar-refractivity contribution in [3.63, 3.8) is 0 Å². The lowest BCUT2D eigenvalue weighted by Crippen LogP contribution is -2.21. The monoisotopic (exact) mass is 213 g/mol. The average Bonchev–Trinajstić information content (AvgIpc) is 2.16. The largest absolute Gasteiger partial charge is 0.343 e. The van der Waals surface area contributed by atoms with Gasteiger partial charge in [0, 0.05) is 11.0 Å². The number of nitrogens with two attached hydrogens (primary N) is 1. The Morgan fingerprint density at radius 2 is 2.23 bits per heavy atom. The van der Waals surface area contributed by atoms with Gasteiger partial charge in [0.25, 0.3) is 0 Å². The molecule has 1 atom stereocenters. The number of nitrogens with one attached hydrogen (secondary N) is 1. The van der Waals surface area contributed by atoms with Crippen LogP contribution in [0.4, 0.5) is 0 Å². The van der Waals surface area contributed by atoms with Gasteiger partial charge in [0.2, 0.25) is 0 Å². The maximum Gasteiger partial charge on any atom is 0.314 e. The predicted molar refractivity (Wildman–Crippen MR) is 61.7 cm³/mol. The van der Waals surface area contributed by atoms with Gasteiger partial charge in [-0.1, -0.05) is 6.07 Å². The Bertz CT molecular complexity index is 312. The van der Waals surface area contributed by atoms with E-state index >= 15 is 0 Å². The molecule has 0 aliphatic carbocycles. The van der Waals surface area contributed by atoms with Crippen molar-refractivity contribution in [1.29, 1.82) is 5.41 Å². The molecule has 0 aromatic heterocycles. The second kappa shape index (κ2) is 4.58. The maximum atomic E-state index is 7.35. The molecule has 2 nitrogen and oxygen atoms in total. The normalized spacial score (nSPS) is 12.5. The molecule has 0 aliphatic heterocycles. The van der Waals surface area contributed by atoms with Crippen LogP contribution in [-0.2, 0) is 10.9 Å². The lowest BCUT2D eigenvalue weighted by atomic mass is 10.4. The van der Waals surface area contributed by atoms with E-state index in [2.05, 4.69) is 12.1 Å². The number of benzene rings is 1. The van der Waals surface area contributed by atoms with Gasteiger partial charge in [-0.2, -0.15) is 0 Å². The molecular formula is C9H13N2S2+. The summed E-state index contributed by atoms with van der Waals surface area (Å²) in [5.41, 5.74) is 5.45. The Morgan fingerprint density at radius 3 is 2.77 bits per heavy atom. The third-order valence-electron chi connectivity index (χ3n) is 1.72. The van der Waals surface area contributed by atoms with Crippen LogP contribution in [0.15, 0.2) is 34.1 Å². The summed E-state index contributed by atoms with van der Waals surface area (Å²) in [6, 6.07) is 8.18. The van der Waals surface area contributed by atoms with Gasteiger partial charge in [-0.05, 0) is 18.4 Å². The van der Waals surface area contributed by atoms with E-state index in [1.165, 1.54) is 4.90 Å². The zero-order chi connectivity index (χ0) is 9.84. The van der Waals surface area contributed by atoms with E-state index in [0.29, 0.717) is 0 Å². The fourth-order valence-corrected chi connectivity index (χ4v) is 2.29. The number of hydrogen-bond acceptors (Lipinski definition) is 2. The predicted octanol–water partition coefficient (Wildman–Crippen LogP) is 1.91. The molecule has 1 aromatic carbocycles. The van der Waals surface area contributed by atoms with E-state index in [0.717, 1.165) is 4.90 Å². The second-order valence-electron chi connectivity index (χ2n) is 2.55.